The fourth-order valence-electron chi connectivity index (χ4n) is 3.11. The Kier molecular flexibility index (Phi) is 4.46. The Morgan fingerprint density at radius 1 is 1.27 bits per heavy atom. The Hall–Kier alpha value is -2.24. The van der Waals surface area contributed by atoms with E-state index in [1.54, 1.807) is 0 Å². The van der Waals surface area contributed by atoms with Gasteiger partial charge in [0.2, 0.25) is 0 Å². The Balaban J connectivity index is 1.73. The van der Waals surface area contributed by atoms with Crippen LogP contribution in [0.15, 0.2) is 42.5 Å². The largest absolute Gasteiger partial charge is 0.489 e. The van der Waals surface area contributed by atoms with Crippen molar-refractivity contribution < 1.29 is 4.74 Å². The zero-order chi connectivity index (χ0) is 15.4. The standard InChI is InChI=1S/C20H21NO/c1-3-12-21-19-11-10-18-17(19)8-5-9-20(18)22-14-16-7-4-6-15(2)13-16/h1,4-9,13,19,21H,10-12,14H2,2H3. The van der Waals surface area contributed by atoms with Gasteiger partial charge >= 0.3 is 0 Å². The van der Waals surface area contributed by atoms with Gasteiger partial charge in [-0.3, -0.25) is 5.32 Å². The Morgan fingerprint density at radius 2 is 2.14 bits per heavy atom. The van der Waals surface area contributed by atoms with E-state index < -0.39 is 0 Å². The fraction of sp³-hybridized carbons (Fsp3) is 0.300. The lowest BCUT2D eigenvalue weighted by Gasteiger charge is -2.14. The van der Waals surface area contributed by atoms with Crippen LogP contribution in [0.1, 0.15) is 34.7 Å². The van der Waals surface area contributed by atoms with Gasteiger partial charge in [-0.2, -0.15) is 0 Å². The minimum absolute atomic E-state index is 0.355. The summed E-state index contributed by atoms with van der Waals surface area (Å²) in [6, 6.07) is 15.1. The van der Waals surface area contributed by atoms with Gasteiger partial charge in [0.15, 0.2) is 0 Å². The molecule has 0 aliphatic heterocycles. The molecule has 1 N–H and O–H groups in total. The third-order valence-electron chi connectivity index (χ3n) is 4.16. The summed E-state index contributed by atoms with van der Waals surface area (Å²) in [6.45, 7) is 3.32. The molecular weight excluding hydrogens is 270 g/mol. The molecular formula is C20H21NO. The molecule has 1 aliphatic rings. The van der Waals surface area contributed by atoms with E-state index in [9.17, 15) is 0 Å². The van der Waals surface area contributed by atoms with E-state index >= 15 is 0 Å². The van der Waals surface area contributed by atoms with Crippen LogP contribution in [0.3, 0.4) is 0 Å². The summed E-state index contributed by atoms with van der Waals surface area (Å²) in [7, 11) is 0. The number of ether oxygens (including phenoxy) is 1. The zero-order valence-electron chi connectivity index (χ0n) is 12.9. The Morgan fingerprint density at radius 3 is 2.95 bits per heavy atom. The van der Waals surface area contributed by atoms with Crippen molar-refractivity contribution in [1.29, 1.82) is 0 Å². The first-order chi connectivity index (χ1) is 10.8. The van der Waals surface area contributed by atoms with Crippen LogP contribution >= 0.6 is 0 Å². The molecule has 0 bridgehead atoms. The van der Waals surface area contributed by atoms with Crippen molar-refractivity contribution in [2.24, 2.45) is 0 Å². The Bertz CT molecular complexity index is 699. The molecule has 112 valence electrons. The highest BCUT2D eigenvalue weighted by atomic mass is 16.5. The molecule has 22 heavy (non-hydrogen) atoms. The van der Waals surface area contributed by atoms with Crippen molar-refractivity contribution >= 4 is 0 Å². The van der Waals surface area contributed by atoms with Gasteiger partial charge in [0.25, 0.3) is 0 Å². The molecule has 2 heteroatoms. The highest BCUT2D eigenvalue weighted by Crippen LogP contribution is 2.37. The van der Waals surface area contributed by atoms with E-state index in [-0.39, 0.29) is 0 Å². The number of hydrogen-bond donors (Lipinski definition) is 1. The van der Waals surface area contributed by atoms with Crippen molar-refractivity contribution in [3.8, 4) is 18.1 Å². The number of terminal acetylenes is 1. The van der Waals surface area contributed by atoms with Crippen LogP contribution in [-0.4, -0.2) is 6.54 Å². The smallest absolute Gasteiger partial charge is 0.123 e. The van der Waals surface area contributed by atoms with Gasteiger partial charge in [-0.25, -0.2) is 0 Å². The zero-order valence-corrected chi connectivity index (χ0v) is 12.9. The van der Waals surface area contributed by atoms with E-state index in [0.29, 0.717) is 19.2 Å². The number of rotatable bonds is 5. The molecule has 0 heterocycles. The predicted molar refractivity (Wildman–Crippen MR) is 89.9 cm³/mol. The van der Waals surface area contributed by atoms with E-state index in [4.69, 9.17) is 11.2 Å². The lowest BCUT2D eigenvalue weighted by molar-refractivity contribution is 0.303. The van der Waals surface area contributed by atoms with Crippen LogP contribution in [0.25, 0.3) is 0 Å². The van der Waals surface area contributed by atoms with Gasteiger partial charge in [-0.05, 0) is 42.5 Å². The average Bonchev–Trinajstić information content (AvgIpc) is 2.95. The van der Waals surface area contributed by atoms with Crippen molar-refractivity contribution in [2.75, 3.05) is 6.54 Å². The molecule has 3 rings (SSSR count). The third-order valence-corrected chi connectivity index (χ3v) is 4.16. The second-order valence-corrected chi connectivity index (χ2v) is 5.78. The molecule has 1 aliphatic carbocycles. The van der Waals surface area contributed by atoms with Gasteiger partial charge in [0, 0.05) is 6.04 Å². The highest BCUT2D eigenvalue weighted by Gasteiger charge is 2.24. The van der Waals surface area contributed by atoms with Gasteiger partial charge in [0.05, 0.1) is 6.54 Å². The average molecular weight is 291 g/mol. The van der Waals surface area contributed by atoms with E-state index in [1.165, 1.54) is 22.3 Å². The predicted octanol–water partition coefficient (Wildman–Crippen LogP) is 3.78. The second-order valence-electron chi connectivity index (χ2n) is 5.78. The summed E-state index contributed by atoms with van der Waals surface area (Å²) in [6.07, 6.45) is 7.47. The molecule has 2 aromatic rings. The van der Waals surface area contributed by atoms with Gasteiger partial charge in [-0.1, -0.05) is 47.9 Å². The maximum absolute atomic E-state index is 6.07. The number of aryl methyl sites for hydroxylation is 1. The molecule has 0 saturated heterocycles. The first-order valence-corrected chi connectivity index (χ1v) is 7.75. The topological polar surface area (TPSA) is 21.3 Å². The van der Waals surface area contributed by atoms with Crippen molar-refractivity contribution in [3.63, 3.8) is 0 Å². The van der Waals surface area contributed by atoms with Crippen LogP contribution < -0.4 is 10.1 Å². The Labute approximate surface area is 132 Å². The molecule has 0 saturated carbocycles. The summed E-state index contributed by atoms with van der Waals surface area (Å²) in [4.78, 5) is 0. The minimum Gasteiger partial charge on any atom is -0.489 e. The van der Waals surface area contributed by atoms with Crippen molar-refractivity contribution in [2.45, 2.75) is 32.4 Å². The van der Waals surface area contributed by atoms with E-state index in [0.717, 1.165) is 18.6 Å². The van der Waals surface area contributed by atoms with Crippen LogP contribution in [0, 0.1) is 19.3 Å². The SMILES string of the molecule is C#CCNC1CCc2c(OCc3cccc(C)c3)cccc21. The lowest BCUT2D eigenvalue weighted by Crippen LogP contribution is -2.19. The number of nitrogens with one attached hydrogen (secondary N) is 1. The fourth-order valence-corrected chi connectivity index (χ4v) is 3.11. The summed E-state index contributed by atoms with van der Waals surface area (Å²) >= 11 is 0. The van der Waals surface area contributed by atoms with Gasteiger partial charge in [-0.15, -0.1) is 6.42 Å². The maximum atomic E-state index is 6.07. The first-order valence-electron chi connectivity index (χ1n) is 7.75. The minimum atomic E-state index is 0.355. The second kappa shape index (κ2) is 6.68. The molecule has 0 aromatic heterocycles. The monoisotopic (exact) mass is 291 g/mol. The lowest BCUT2D eigenvalue weighted by atomic mass is 10.1. The number of fused-ring (bicyclic) bond motifs is 1. The maximum Gasteiger partial charge on any atom is 0.123 e. The van der Waals surface area contributed by atoms with Crippen LogP contribution in [-0.2, 0) is 13.0 Å². The number of benzene rings is 2. The summed E-state index contributed by atoms with van der Waals surface area (Å²) in [5, 5.41) is 3.40. The highest BCUT2D eigenvalue weighted by molar-refractivity contribution is 5.45. The first kappa shape index (κ1) is 14.7. The molecule has 2 nitrogen and oxygen atoms in total. The van der Waals surface area contributed by atoms with Gasteiger partial charge < -0.3 is 4.74 Å². The molecule has 1 atom stereocenters. The quantitative estimate of drug-likeness (QED) is 0.846. The van der Waals surface area contributed by atoms with Crippen molar-refractivity contribution in [1.82, 2.24) is 5.32 Å². The molecule has 2 aromatic carbocycles. The third kappa shape index (κ3) is 3.16. The van der Waals surface area contributed by atoms with E-state index in [2.05, 4.69) is 60.6 Å². The molecule has 0 radical (unpaired) electrons. The molecule has 0 amide bonds. The van der Waals surface area contributed by atoms with Crippen LogP contribution in [0.2, 0.25) is 0 Å². The normalized spacial score (nSPS) is 16.1. The molecule has 0 spiro atoms. The summed E-state index contributed by atoms with van der Waals surface area (Å²) < 4.78 is 6.07. The molecule has 0 fully saturated rings. The summed E-state index contributed by atoms with van der Waals surface area (Å²) in [5.41, 5.74) is 5.12. The van der Waals surface area contributed by atoms with E-state index in [1.807, 2.05) is 0 Å². The van der Waals surface area contributed by atoms with Gasteiger partial charge in [0.1, 0.15) is 12.4 Å². The van der Waals surface area contributed by atoms with Crippen molar-refractivity contribution in [3.05, 3.63) is 64.7 Å². The number of hydrogen-bond acceptors (Lipinski definition) is 2. The van der Waals surface area contributed by atoms with Crippen LogP contribution in [0.5, 0.6) is 5.75 Å². The molecule has 1 unspecified atom stereocenters. The summed E-state index contributed by atoms with van der Waals surface area (Å²) in [5.74, 6) is 3.65. The van der Waals surface area contributed by atoms with Crippen LogP contribution in [0.4, 0.5) is 0 Å².